The van der Waals surface area contributed by atoms with Gasteiger partial charge in [0.1, 0.15) is 12.4 Å². The summed E-state index contributed by atoms with van der Waals surface area (Å²) < 4.78 is 56.6. The van der Waals surface area contributed by atoms with E-state index >= 15 is 0 Å². The predicted molar refractivity (Wildman–Crippen MR) is 90.3 cm³/mol. The molecule has 0 saturated carbocycles. The molecule has 2 rings (SSSR count). The molecule has 0 unspecified atom stereocenters. The second kappa shape index (κ2) is 8.55. The summed E-state index contributed by atoms with van der Waals surface area (Å²) in [6, 6.07) is 6.04. The number of anilines is 1. The molecule has 0 amide bonds. The van der Waals surface area contributed by atoms with Crippen LogP contribution in [0.1, 0.15) is 5.56 Å². The summed E-state index contributed by atoms with van der Waals surface area (Å²) in [6.45, 7) is 1.22. The topological polar surface area (TPSA) is 177 Å². The Hall–Kier alpha value is -2.77. The van der Waals surface area contributed by atoms with Crippen molar-refractivity contribution in [2.24, 2.45) is 0 Å². The molecule has 0 fully saturated rings. The summed E-state index contributed by atoms with van der Waals surface area (Å²) >= 11 is 0. The SMILES string of the molecule is Cc1cc(=O)n(CC(=O)O)c2cc(NCS(=O)(=O)O)ccc12.O=S(=O)=O. The van der Waals surface area contributed by atoms with E-state index in [0.29, 0.717) is 22.2 Å². The molecule has 0 bridgehead atoms. The van der Waals surface area contributed by atoms with Crippen molar-refractivity contribution < 1.29 is 35.5 Å². The van der Waals surface area contributed by atoms with Crippen LogP contribution in [0.15, 0.2) is 29.1 Å². The van der Waals surface area contributed by atoms with Gasteiger partial charge in [-0.05, 0) is 24.6 Å². The number of carboxylic acid groups (broad SMARTS) is 1. The Morgan fingerprint density at radius 1 is 1.23 bits per heavy atom. The second-order valence-electron chi connectivity index (χ2n) is 4.98. The first-order valence-corrected chi connectivity index (χ1v) is 9.33. The lowest BCUT2D eigenvalue weighted by Gasteiger charge is -2.12. The van der Waals surface area contributed by atoms with Crippen molar-refractivity contribution in [1.82, 2.24) is 4.57 Å². The first-order chi connectivity index (χ1) is 11.9. The van der Waals surface area contributed by atoms with Crippen LogP contribution >= 0.6 is 0 Å². The summed E-state index contributed by atoms with van der Waals surface area (Å²) in [5, 5.41) is 12.1. The van der Waals surface area contributed by atoms with E-state index in [-0.39, 0.29) is 0 Å². The Kier molecular flexibility index (Phi) is 7.00. The largest absolute Gasteiger partial charge is 0.480 e. The molecule has 1 aromatic heterocycles. The number of hydrogen-bond acceptors (Lipinski definition) is 8. The van der Waals surface area contributed by atoms with E-state index in [9.17, 15) is 18.0 Å². The maximum Gasteiger partial charge on any atom is 0.425 e. The fourth-order valence-electron chi connectivity index (χ4n) is 2.13. The second-order valence-corrected chi connectivity index (χ2v) is 6.85. The molecule has 0 spiro atoms. The summed E-state index contributed by atoms with van der Waals surface area (Å²) in [5.74, 6) is -1.85. The van der Waals surface area contributed by atoms with Gasteiger partial charge in [-0.15, -0.1) is 12.6 Å². The zero-order chi connectivity index (χ0) is 20.1. The van der Waals surface area contributed by atoms with Crippen LogP contribution < -0.4 is 10.9 Å². The highest BCUT2D eigenvalue weighted by Gasteiger charge is 2.11. The molecular formula is C13H14N2O9S2. The number of rotatable bonds is 5. The average Bonchev–Trinajstić information content (AvgIpc) is 2.47. The molecule has 0 radical (unpaired) electrons. The minimum Gasteiger partial charge on any atom is -0.480 e. The standard InChI is InChI=1S/C13H14N2O6S.O3S/c1-8-4-12(16)15(6-13(17)18)11-5-9(2-3-10(8)11)14-7-22(19,20)21;1-4(2)3/h2-5,14H,6-7H2,1H3,(H,17,18)(H,19,20,21);. The number of pyridine rings is 1. The highest BCUT2D eigenvalue weighted by Crippen LogP contribution is 2.21. The van der Waals surface area contributed by atoms with Crippen LogP contribution in [0, 0.1) is 6.92 Å². The lowest BCUT2D eigenvalue weighted by atomic mass is 10.1. The van der Waals surface area contributed by atoms with Crippen LogP contribution in [0.4, 0.5) is 5.69 Å². The molecule has 2 aromatic rings. The lowest BCUT2D eigenvalue weighted by molar-refractivity contribution is -0.137. The van der Waals surface area contributed by atoms with Gasteiger partial charge in [-0.3, -0.25) is 18.7 Å². The van der Waals surface area contributed by atoms with Crippen molar-refractivity contribution in [3.05, 3.63) is 40.2 Å². The number of fused-ring (bicyclic) bond motifs is 1. The van der Waals surface area contributed by atoms with Crippen molar-refractivity contribution >= 4 is 43.3 Å². The zero-order valence-electron chi connectivity index (χ0n) is 13.2. The Morgan fingerprint density at radius 2 is 1.81 bits per heavy atom. The predicted octanol–water partition coefficient (Wildman–Crippen LogP) is -0.352. The van der Waals surface area contributed by atoms with E-state index in [0.717, 1.165) is 4.57 Å². The molecule has 0 aliphatic heterocycles. The summed E-state index contributed by atoms with van der Waals surface area (Å²) in [4.78, 5) is 22.9. The van der Waals surface area contributed by atoms with Gasteiger partial charge in [0.2, 0.25) is 0 Å². The van der Waals surface area contributed by atoms with E-state index in [4.69, 9.17) is 22.3 Å². The quantitative estimate of drug-likeness (QED) is 0.556. The first kappa shape index (κ1) is 21.3. The van der Waals surface area contributed by atoms with Gasteiger partial charge in [-0.1, -0.05) is 6.07 Å². The van der Waals surface area contributed by atoms with Gasteiger partial charge in [0.15, 0.2) is 0 Å². The molecule has 3 N–H and O–H groups in total. The fourth-order valence-corrected chi connectivity index (χ4v) is 2.48. The Balaban J connectivity index is 0.000000765. The number of benzene rings is 1. The molecule has 0 saturated heterocycles. The summed E-state index contributed by atoms with van der Waals surface area (Å²) in [5.41, 5.74) is 0.935. The minimum absolute atomic E-state index is 0.342. The molecular weight excluding hydrogens is 392 g/mol. The van der Waals surface area contributed by atoms with Gasteiger partial charge < -0.3 is 10.4 Å². The molecule has 11 nitrogen and oxygen atoms in total. The molecule has 0 aliphatic rings. The number of aliphatic carboxylic acids is 1. The van der Waals surface area contributed by atoms with Gasteiger partial charge in [-0.25, -0.2) is 0 Å². The molecule has 0 aliphatic carbocycles. The number of carbonyl (C=O) groups is 1. The van der Waals surface area contributed by atoms with Crippen LogP contribution in [0.5, 0.6) is 0 Å². The number of hydrogen-bond donors (Lipinski definition) is 3. The van der Waals surface area contributed by atoms with Crippen molar-refractivity contribution in [3.8, 4) is 0 Å². The van der Waals surface area contributed by atoms with Gasteiger partial charge in [0.05, 0.1) is 5.52 Å². The maximum atomic E-state index is 12.0. The highest BCUT2D eigenvalue weighted by atomic mass is 32.2. The maximum absolute atomic E-state index is 12.0. The Bertz CT molecular complexity index is 1100. The Morgan fingerprint density at radius 3 is 2.31 bits per heavy atom. The lowest BCUT2D eigenvalue weighted by Crippen LogP contribution is -2.24. The number of nitrogens with one attached hydrogen (secondary N) is 1. The molecule has 0 atom stereocenters. The van der Waals surface area contributed by atoms with Crippen molar-refractivity contribution in [1.29, 1.82) is 0 Å². The number of aromatic nitrogens is 1. The average molecular weight is 406 g/mol. The van der Waals surface area contributed by atoms with E-state index < -0.39 is 44.7 Å². The molecule has 26 heavy (non-hydrogen) atoms. The third-order valence-corrected chi connectivity index (χ3v) is 3.58. The summed E-state index contributed by atoms with van der Waals surface area (Å²) in [6.07, 6.45) is 0. The molecule has 1 aromatic carbocycles. The van der Waals surface area contributed by atoms with Gasteiger partial charge in [0, 0.05) is 17.1 Å². The smallest absolute Gasteiger partial charge is 0.425 e. The number of nitrogens with zero attached hydrogens (tertiary/aromatic N) is 1. The van der Waals surface area contributed by atoms with Crippen LogP contribution in [0.3, 0.4) is 0 Å². The van der Waals surface area contributed by atoms with Crippen molar-refractivity contribution in [3.63, 3.8) is 0 Å². The first-order valence-electron chi connectivity index (χ1n) is 6.72. The van der Waals surface area contributed by atoms with Crippen LogP contribution in [-0.4, -0.2) is 47.1 Å². The van der Waals surface area contributed by atoms with Gasteiger partial charge in [0.25, 0.3) is 15.7 Å². The van der Waals surface area contributed by atoms with Crippen LogP contribution in [0.2, 0.25) is 0 Å². The third kappa shape index (κ3) is 6.62. The number of aryl methyl sites for hydroxylation is 1. The van der Waals surface area contributed by atoms with Crippen LogP contribution in [0.25, 0.3) is 10.9 Å². The molecule has 13 heteroatoms. The molecule has 142 valence electrons. The van der Waals surface area contributed by atoms with Crippen LogP contribution in [-0.2, 0) is 32.1 Å². The van der Waals surface area contributed by atoms with Gasteiger partial charge >= 0.3 is 16.6 Å². The van der Waals surface area contributed by atoms with E-state index in [2.05, 4.69) is 5.32 Å². The van der Waals surface area contributed by atoms with E-state index in [1.54, 1.807) is 19.1 Å². The highest BCUT2D eigenvalue weighted by molar-refractivity contribution is 7.85. The minimum atomic E-state index is -4.19. The van der Waals surface area contributed by atoms with Crippen molar-refractivity contribution in [2.75, 3.05) is 11.2 Å². The Labute approximate surface area is 148 Å². The van der Waals surface area contributed by atoms with E-state index in [1.165, 1.54) is 12.1 Å². The monoisotopic (exact) mass is 406 g/mol. The zero-order valence-corrected chi connectivity index (χ0v) is 14.9. The summed E-state index contributed by atoms with van der Waals surface area (Å²) in [7, 11) is -7.31. The fraction of sp³-hybridized carbons (Fsp3) is 0.231. The molecule has 1 heterocycles. The van der Waals surface area contributed by atoms with E-state index in [1.807, 2.05) is 0 Å². The third-order valence-electron chi connectivity index (χ3n) is 3.07. The normalized spacial score (nSPS) is 10.7. The van der Waals surface area contributed by atoms with Gasteiger partial charge in [-0.2, -0.15) is 8.42 Å². The number of carboxylic acids is 1. The van der Waals surface area contributed by atoms with Crippen molar-refractivity contribution in [2.45, 2.75) is 13.5 Å².